The third kappa shape index (κ3) is 28.0. The molecule has 0 aromatic carbocycles. The van der Waals surface area contributed by atoms with E-state index in [2.05, 4.69) is 34.7 Å². The van der Waals surface area contributed by atoms with Crippen molar-refractivity contribution in [1.82, 2.24) is 25.8 Å². The van der Waals surface area contributed by atoms with Gasteiger partial charge in [0.25, 0.3) is 0 Å². The SMILES string of the molecule is CCCCCCCCCCCSCCCNC(=O)NCCN1CCN(C(=O)NCCCSCCCCCCCCCCC)CC1. The molecular formula is C36H73N5O2S2. The maximum absolute atomic E-state index is 12.5. The van der Waals surface area contributed by atoms with Crippen LogP contribution in [-0.2, 0) is 0 Å². The molecule has 266 valence electrons. The third-order valence-electron chi connectivity index (χ3n) is 8.65. The number of nitrogens with one attached hydrogen (secondary N) is 3. The van der Waals surface area contributed by atoms with Gasteiger partial charge in [0, 0.05) is 52.4 Å². The monoisotopic (exact) mass is 672 g/mol. The highest BCUT2D eigenvalue weighted by Gasteiger charge is 2.20. The van der Waals surface area contributed by atoms with Crippen molar-refractivity contribution >= 4 is 35.6 Å². The summed E-state index contributed by atoms with van der Waals surface area (Å²) in [5.74, 6) is 4.74. The molecule has 0 spiro atoms. The van der Waals surface area contributed by atoms with Gasteiger partial charge in [-0.05, 0) is 48.7 Å². The van der Waals surface area contributed by atoms with E-state index in [1.165, 1.54) is 127 Å². The molecule has 1 aliphatic heterocycles. The molecule has 1 rings (SSSR count). The van der Waals surface area contributed by atoms with Crippen molar-refractivity contribution in [3.8, 4) is 0 Å². The van der Waals surface area contributed by atoms with Gasteiger partial charge in [0.1, 0.15) is 0 Å². The minimum absolute atomic E-state index is 0.0664. The topological polar surface area (TPSA) is 76.7 Å². The Morgan fingerprint density at radius 2 is 0.889 bits per heavy atom. The summed E-state index contributed by atoms with van der Waals surface area (Å²) in [4.78, 5) is 28.9. The third-order valence-corrected chi connectivity index (χ3v) is 11.0. The number of rotatable bonds is 31. The minimum atomic E-state index is -0.0664. The number of thioether (sulfide) groups is 2. The largest absolute Gasteiger partial charge is 0.338 e. The molecular weight excluding hydrogens is 599 g/mol. The fraction of sp³-hybridized carbons (Fsp3) is 0.944. The minimum Gasteiger partial charge on any atom is -0.338 e. The summed E-state index contributed by atoms with van der Waals surface area (Å²) in [6.45, 7) is 10.8. The summed E-state index contributed by atoms with van der Waals surface area (Å²) in [5.41, 5.74) is 0. The molecule has 7 nitrogen and oxygen atoms in total. The second-order valence-corrected chi connectivity index (χ2v) is 15.3. The molecule has 1 heterocycles. The van der Waals surface area contributed by atoms with E-state index >= 15 is 0 Å². The zero-order valence-corrected chi connectivity index (χ0v) is 31.3. The highest BCUT2D eigenvalue weighted by Crippen LogP contribution is 2.13. The molecule has 0 aromatic rings. The van der Waals surface area contributed by atoms with Crippen LogP contribution in [0, 0.1) is 0 Å². The molecule has 9 heteroatoms. The van der Waals surface area contributed by atoms with Gasteiger partial charge in [0.15, 0.2) is 0 Å². The zero-order chi connectivity index (χ0) is 32.5. The number of urea groups is 2. The van der Waals surface area contributed by atoms with E-state index in [4.69, 9.17) is 0 Å². The number of nitrogens with zero attached hydrogens (tertiary/aromatic N) is 2. The molecule has 1 aliphatic rings. The Labute approximate surface area is 287 Å². The van der Waals surface area contributed by atoms with Crippen LogP contribution in [-0.4, -0.2) is 97.2 Å². The predicted molar refractivity (Wildman–Crippen MR) is 201 cm³/mol. The number of hydrogen-bond acceptors (Lipinski definition) is 5. The molecule has 45 heavy (non-hydrogen) atoms. The first-order valence-electron chi connectivity index (χ1n) is 19.1. The number of piperazine rings is 1. The fourth-order valence-electron chi connectivity index (χ4n) is 5.66. The molecule has 0 aliphatic carbocycles. The van der Waals surface area contributed by atoms with Gasteiger partial charge in [0.05, 0.1) is 0 Å². The summed E-state index contributed by atoms with van der Waals surface area (Å²) in [6, 6.07) is 0.00528. The first-order chi connectivity index (χ1) is 22.2. The molecule has 1 saturated heterocycles. The van der Waals surface area contributed by atoms with Gasteiger partial charge >= 0.3 is 12.1 Å². The number of hydrogen-bond donors (Lipinski definition) is 3. The molecule has 0 atom stereocenters. The van der Waals surface area contributed by atoms with Gasteiger partial charge in [-0.1, -0.05) is 117 Å². The summed E-state index contributed by atoms with van der Waals surface area (Å²) in [5, 5.41) is 9.08. The Kier molecular flexibility index (Phi) is 31.1. The van der Waals surface area contributed by atoms with Gasteiger partial charge in [0.2, 0.25) is 0 Å². The number of unbranched alkanes of at least 4 members (excludes halogenated alkanes) is 16. The summed E-state index contributed by atoms with van der Waals surface area (Å²) >= 11 is 4.05. The first kappa shape index (κ1) is 42.2. The van der Waals surface area contributed by atoms with Crippen molar-refractivity contribution in [2.24, 2.45) is 0 Å². The molecule has 0 bridgehead atoms. The van der Waals surface area contributed by atoms with Crippen molar-refractivity contribution < 1.29 is 9.59 Å². The van der Waals surface area contributed by atoms with Crippen molar-refractivity contribution in [3.63, 3.8) is 0 Å². The summed E-state index contributed by atoms with van der Waals surface area (Å²) < 4.78 is 0. The van der Waals surface area contributed by atoms with Crippen LogP contribution in [0.25, 0.3) is 0 Å². The van der Waals surface area contributed by atoms with Crippen LogP contribution in [0.1, 0.15) is 142 Å². The lowest BCUT2D eigenvalue weighted by atomic mass is 10.1. The van der Waals surface area contributed by atoms with E-state index < -0.39 is 0 Å². The molecule has 1 fully saturated rings. The second kappa shape index (κ2) is 33.1. The van der Waals surface area contributed by atoms with E-state index in [1.807, 2.05) is 28.4 Å². The van der Waals surface area contributed by atoms with Crippen molar-refractivity contribution in [2.75, 3.05) is 75.4 Å². The maximum Gasteiger partial charge on any atom is 0.317 e. The van der Waals surface area contributed by atoms with Crippen molar-refractivity contribution in [2.45, 2.75) is 142 Å². The van der Waals surface area contributed by atoms with Crippen molar-refractivity contribution in [1.29, 1.82) is 0 Å². The highest BCUT2D eigenvalue weighted by atomic mass is 32.2. The Morgan fingerprint density at radius 3 is 1.38 bits per heavy atom. The van der Waals surface area contributed by atoms with E-state index in [9.17, 15) is 9.59 Å². The average Bonchev–Trinajstić information content (AvgIpc) is 3.05. The standard InChI is InChI=1S/C36H73N5O2S2/c1-3-5-7-9-11-13-15-17-19-31-44-33-21-23-37-35(42)38-25-26-40-27-29-41(30-28-40)36(43)39-24-22-34-45-32-20-18-16-14-12-10-8-6-4-2/h3-34H2,1-2H3,(H,39,43)(H2,37,38,42). The lowest BCUT2D eigenvalue weighted by Gasteiger charge is -2.34. The molecule has 3 N–H and O–H groups in total. The average molecular weight is 672 g/mol. The second-order valence-electron chi connectivity index (χ2n) is 12.8. The molecule has 0 radical (unpaired) electrons. The number of amides is 4. The van der Waals surface area contributed by atoms with E-state index in [0.717, 1.165) is 70.2 Å². The van der Waals surface area contributed by atoms with E-state index in [0.29, 0.717) is 6.54 Å². The Hall–Kier alpha value is -0.800. The summed E-state index contributed by atoms with van der Waals surface area (Å²) in [6.07, 6.45) is 27.0. The Balaban J connectivity index is 1.84. The highest BCUT2D eigenvalue weighted by molar-refractivity contribution is 7.99. The van der Waals surface area contributed by atoms with Crippen LogP contribution < -0.4 is 16.0 Å². The lowest BCUT2D eigenvalue weighted by Crippen LogP contribution is -2.53. The van der Waals surface area contributed by atoms with Crippen LogP contribution in [0.5, 0.6) is 0 Å². The van der Waals surface area contributed by atoms with E-state index in [1.54, 1.807) is 0 Å². The summed E-state index contributed by atoms with van der Waals surface area (Å²) in [7, 11) is 0. The Bertz CT molecular complexity index is 663. The van der Waals surface area contributed by atoms with Gasteiger partial charge in [-0.15, -0.1) is 0 Å². The first-order valence-corrected chi connectivity index (χ1v) is 21.4. The van der Waals surface area contributed by atoms with Gasteiger partial charge in [-0.25, -0.2) is 9.59 Å². The molecule has 0 saturated carbocycles. The van der Waals surface area contributed by atoms with Gasteiger partial charge in [-0.2, -0.15) is 23.5 Å². The molecule has 4 amide bonds. The molecule has 0 unspecified atom stereocenters. The quantitative estimate of drug-likeness (QED) is 0.0642. The van der Waals surface area contributed by atoms with Crippen LogP contribution in [0.2, 0.25) is 0 Å². The normalized spacial score (nSPS) is 13.7. The number of carbonyl (C=O) groups excluding carboxylic acids is 2. The lowest BCUT2D eigenvalue weighted by molar-refractivity contribution is 0.140. The van der Waals surface area contributed by atoms with E-state index in [-0.39, 0.29) is 12.1 Å². The molecule has 0 aromatic heterocycles. The zero-order valence-electron chi connectivity index (χ0n) is 29.7. The van der Waals surface area contributed by atoms with Crippen molar-refractivity contribution in [3.05, 3.63) is 0 Å². The van der Waals surface area contributed by atoms with Crippen LogP contribution in [0.3, 0.4) is 0 Å². The number of carbonyl (C=O) groups is 2. The fourth-order valence-corrected chi connectivity index (χ4v) is 7.58. The smallest absolute Gasteiger partial charge is 0.317 e. The van der Waals surface area contributed by atoms with Crippen LogP contribution in [0.4, 0.5) is 9.59 Å². The van der Waals surface area contributed by atoms with Gasteiger partial charge in [-0.3, -0.25) is 4.90 Å². The van der Waals surface area contributed by atoms with Crippen LogP contribution >= 0.6 is 23.5 Å². The maximum atomic E-state index is 12.5. The van der Waals surface area contributed by atoms with Gasteiger partial charge < -0.3 is 20.9 Å². The van der Waals surface area contributed by atoms with Crippen LogP contribution in [0.15, 0.2) is 0 Å². The Morgan fingerprint density at radius 1 is 0.489 bits per heavy atom. The predicted octanol–water partition coefficient (Wildman–Crippen LogP) is 8.92.